The molecule has 2 N–H and O–H groups in total. The summed E-state index contributed by atoms with van der Waals surface area (Å²) in [7, 11) is 0. The van der Waals surface area contributed by atoms with Crippen LogP contribution in [0.4, 0.5) is 19.0 Å². The van der Waals surface area contributed by atoms with Gasteiger partial charge in [-0.1, -0.05) is 0 Å². The van der Waals surface area contributed by atoms with Gasteiger partial charge in [0.15, 0.2) is 0 Å². The second-order valence-electron chi connectivity index (χ2n) is 3.09. The molecule has 0 aliphatic carbocycles. The average molecular weight is 308 g/mol. The molecule has 0 aliphatic heterocycles. The molecule has 2 aromatic heterocycles. The quantitative estimate of drug-likeness (QED) is 0.818. The van der Waals surface area contributed by atoms with Crippen LogP contribution in [0.15, 0.2) is 23.1 Å². The molecule has 2 aromatic rings. The second kappa shape index (κ2) is 3.99. The van der Waals surface area contributed by atoms with Gasteiger partial charge in [-0.05, 0) is 15.9 Å². The molecule has 9 heteroatoms. The number of nitrogens with zero attached hydrogens (tertiary/aromatic N) is 4. The molecule has 0 saturated heterocycles. The van der Waals surface area contributed by atoms with E-state index >= 15 is 0 Å². The summed E-state index contributed by atoms with van der Waals surface area (Å²) in [6.07, 6.45) is -2.96. The van der Waals surface area contributed by atoms with Gasteiger partial charge in [-0.2, -0.15) is 23.3 Å². The highest BCUT2D eigenvalue weighted by Crippen LogP contribution is 2.28. The van der Waals surface area contributed by atoms with E-state index in [0.717, 1.165) is 10.9 Å². The third-order valence-electron chi connectivity index (χ3n) is 1.82. The fourth-order valence-electron chi connectivity index (χ4n) is 1.10. The van der Waals surface area contributed by atoms with Crippen molar-refractivity contribution in [2.75, 3.05) is 5.73 Å². The van der Waals surface area contributed by atoms with E-state index < -0.39 is 11.7 Å². The number of rotatable bonds is 1. The van der Waals surface area contributed by atoms with E-state index in [1.165, 1.54) is 6.07 Å². The SMILES string of the molecule is Nc1cc(Br)nc(-n2cc(C(F)(F)F)cn2)n1. The van der Waals surface area contributed by atoms with Gasteiger partial charge in [-0.15, -0.1) is 0 Å². The van der Waals surface area contributed by atoms with Crippen LogP contribution in [0.25, 0.3) is 5.95 Å². The van der Waals surface area contributed by atoms with Gasteiger partial charge in [-0.3, -0.25) is 0 Å². The van der Waals surface area contributed by atoms with Gasteiger partial charge in [0.2, 0.25) is 0 Å². The fourth-order valence-corrected chi connectivity index (χ4v) is 1.50. The molecule has 0 amide bonds. The summed E-state index contributed by atoms with van der Waals surface area (Å²) in [6.45, 7) is 0. The highest BCUT2D eigenvalue weighted by Gasteiger charge is 2.32. The van der Waals surface area contributed by atoms with E-state index in [2.05, 4.69) is 31.0 Å². The monoisotopic (exact) mass is 307 g/mol. The number of hydrogen-bond donors (Lipinski definition) is 1. The molecule has 2 heterocycles. The minimum absolute atomic E-state index is 0.0348. The highest BCUT2D eigenvalue weighted by molar-refractivity contribution is 9.10. The maximum Gasteiger partial charge on any atom is 0.419 e. The molecule has 0 spiro atoms. The van der Waals surface area contributed by atoms with Crippen molar-refractivity contribution in [2.45, 2.75) is 6.18 Å². The Hall–Kier alpha value is -1.64. The Morgan fingerprint density at radius 2 is 2.00 bits per heavy atom. The van der Waals surface area contributed by atoms with Crippen LogP contribution in [0.3, 0.4) is 0 Å². The van der Waals surface area contributed by atoms with Crippen LogP contribution in [0, 0.1) is 0 Å². The van der Waals surface area contributed by atoms with Crippen LogP contribution in [0.2, 0.25) is 0 Å². The van der Waals surface area contributed by atoms with Crippen LogP contribution in [-0.2, 0) is 6.18 Å². The van der Waals surface area contributed by atoms with Crippen molar-refractivity contribution in [3.63, 3.8) is 0 Å². The lowest BCUT2D eigenvalue weighted by molar-refractivity contribution is -0.137. The van der Waals surface area contributed by atoms with Gasteiger partial charge in [0.25, 0.3) is 5.95 Å². The van der Waals surface area contributed by atoms with Crippen molar-refractivity contribution in [1.29, 1.82) is 0 Å². The molecule has 90 valence electrons. The first-order valence-corrected chi connectivity index (χ1v) is 5.08. The van der Waals surface area contributed by atoms with Gasteiger partial charge in [0, 0.05) is 12.3 Å². The van der Waals surface area contributed by atoms with E-state index in [9.17, 15) is 13.2 Å². The van der Waals surface area contributed by atoms with Gasteiger partial charge in [0.1, 0.15) is 10.4 Å². The summed E-state index contributed by atoms with van der Waals surface area (Å²) >= 11 is 3.06. The normalized spacial score (nSPS) is 11.8. The lowest BCUT2D eigenvalue weighted by Gasteiger charge is -2.02. The molecule has 0 aliphatic rings. The lowest BCUT2D eigenvalue weighted by Crippen LogP contribution is -2.05. The van der Waals surface area contributed by atoms with E-state index in [4.69, 9.17) is 5.73 Å². The van der Waals surface area contributed by atoms with Crippen LogP contribution in [-0.4, -0.2) is 19.7 Å². The van der Waals surface area contributed by atoms with Gasteiger partial charge in [0.05, 0.1) is 11.8 Å². The summed E-state index contributed by atoms with van der Waals surface area (Å²) in [6, 6.07) is 1.43. The minimum Gasteiger partial charge on any atom is -0.383 e. The summed E-state index contributed by atoms with van der Waals surface area (Å²) in [5.41, 5.74) is 4.57. The van der Waals surface area contributed by atoms with Crippen molar-refractivity contribution in [3.8, 4) is 5.95 Å². The molecule has 17 heavy (non-hydrogen) atoms. The largest absolute Gasteiger partial charge is 0.419 e. The van der Waals surface area contributed by atoms with Crippen molar-refractivity contribution >= 4 is 21.7 Å². The molecular weight excluding hydrogens is 303 g/mol. The highest BCUT2D eigenvalue weighted by atomic mass is 79.9. The number of nitrogens with two attached hydrogens (primary N) is 1. The zero-order chi connectivity index (χ0) is 12.6. The molecule has 0 radical (unpaired) electrons. The van der Waals surface area contributed by atoms with Gasteiger partial charge >= 0.3 is 6.18 Å². The van der Waals surface area contributed by atoms with E-state index in [1.54, 1.807) is 0 Å². The Morgan fingerprint density at radius 1 is 1.29 bits per heavy atom. The fraction of sp³-hybridized carbons (Fsp3) is 0.125. The molecule has 0 aromatic carbocycles. The Bertz CT molecular complexity index is 530. The van der Waals surface area contributed by atoms with Crippen molar-refractivity contribution in [3.05, 3.63) is 28.6 Å². The number of anilines is 1. The maximum atomic E-state index is 12.3. The first kappa shape index (κ1) is 11.8. The van der Waals surface area contributed by atoms with E-state index in [0.29, 0.717) is 10.8 Å². The van der Waals surface area contributed by atoms with E-state index in [1.807, 2.05) is 0 Å². The topological polar surface area (TPSA) is 69.6 Å². The zero-order valence-corrected chi connectivity index (χ0v) is 9.70. The number of aromatic nitrogens is 4. The van der Waals surface area contributed by atoms with Crippen molar-refractivity contribution in [1.82, 2.24) is 19.7 Å². The van der Waals surface area contributed by atoms with Crippen LogP contribution < -0.4 is 5.73 Å². The number of hydrogen-bond acceptors (Lipinski definition) is 4. The molecular formula is C8H5BrF3N5. The third-order valence-corrected chi connectivity index (χ3v) is 2.22. The predicted octanol–water partition coefficient (Wildman–Crippen LogP) is 2.03. The predicted molar refractivity (Wildman–Crippen MR) is 56.3 cm³/mol. The number of alkyl halides is 3. The van der Waals surface area contributed by atoms with Crippen LogP contribution >= 0.6 is 15.9 Å². The van der Waals surface area contributed by atoms with Crippen molar-refractivity contribution < 1.29 is 13.2 Å². The summed E-state index contributed by atoms with van der Waals surface area (Å²) in [4.78, 5) is 7.63. The standard InChI is InChI=1S/C8H5BrF3N5/c9-5-1-6(13)16-7(15-5)17-3-4(2-14-17)8(10,11)12/h1-3H,(H2,13,15,16). The first-order chi connectivity index (χ1) is 7.86. The van der Waals surface area contributed by atoms with Crippen molar-refractivity contribution in [2.24, 2.45) is 0 Å². The molecule has 0 bridgehead atoms. The molecule has 5 nitrogen and oxygen atoms in total. The zero-order valence-electron chi connectivity index (χ0n) is 8.11. The molecule has 0 atom stereocenters. The van der Waals surface area contributed by atoms with Crippen LogP contribution in [0.1, 0.15) is 5.56 Å². The Kier molecular flexibility index (Phi) is 2.77. The maximum absolute atomic E-state index is 12.3. The lowest BCUT2D eigenvalue weighted by atomic mass is 10.4. The molecule has 0 fully saturated rings. The average Bonchev–Trinajstić information content (AvgIpc) is 2.63. The Balaban J connectivity index is 2.44. The molecule has 0 saturated carbocycles. The van der Waals surface area contributed by atoms with Crippen LogP contribution in [0.5, 0.6) is 0 Å². The summed E-state index contributed by atoms with van der Waals surface area (Å²) in [5, 5.41) is 3.53. The van der Waals surface area contributed by atoms with Gasteiger partial charge in [-0.25, -0.2) is 9.67 Å². The smallest absolute Gasteiger partial charge is 0.383 e. The first-order valence-electron chi connectivity index (χ1n) is 4.28. The Morgan fingerprint density at radius 3 is 2.53 bits per heavy atom. The summed E-state index contributed by atoms with van der Waals surface area (Å²) in [5.74, 6) is 0.0957. The Labute approximate surface area is 102 Å². The number of nitrogen functional groups attached to an aromatic ring is 1. The van der Waals surface area contributed by atoms with E-state index in [-0.39, 0.29) is 11.8 Å². The number of halogens is 4. The molecule has 0 unspecified atom stereocenters. The second-order valence-corrected chi connectivity index (χ2v) is 3.90. The summed E-state index contributed by atoms with van der Waals surface area (Å²) < 4.78 is 38.3. The molecule has 2 rings (SSSR count). The minimum atomic E-state index is -4.45. The third kappa shape index (κ3) is 2.54. The van der Waals surface area contributed by atoms with Gasteiger partial charge < -0.3 is 5.73 Å².